The van der Waals surface area contributed by atoms with Crippen LogP contribution in [0, 0.1) is 0 Å². The third kappa shape index (κ3) is 2.40. The van der Waals surface area contributed by atoms with Crippen LogP contribution in [-0.2, 0) is 0 Å². The lowest BCUT2D eigenvalue weighted by molar-refractivity contribution is 0.0447. The van der Waals surface area contributed by atoms with Crippen molar-refractivity contribution in [1.29, 1.82) is 0 Å². The molecule has 6 nitrogen and oxygen atoms in total. The largest absolute Gasteiger partial charge is 0.388 e. The highest BCUT2D eigenvalue weighted by molar-refractivity contribution is 5.43. The smallest absolute Gasteiger partial charge is 0.160 e. The van der Waals surface area contributed by atoms with Gasteiger partial charge >= 0.3 is 0 Å². The van der Waals surface area contributed by atoms with E-state index in [0.717, 1.165) is 25.2 Å². The van der Waals surface area contributed by atoms with E-state index >= 15 is 0 Å². The van der Waals surface area contributed by atoms with E-state index in [2.05, 4.69) is 15.4 Å². The van der Waals surface area contributed by atoms with Crippen molar-refractivity contribution in [3.63, 3.8) is 0 Å². The van der Waals surface area contributed by atoms with Crippen molar-refractivity contribution in [2.45, 2.75) is 25.4 Å². The Hall–Kier alpha value is -1.40. The molecule has 1 unspecified atom stereocenters. The first-order chi connectivity index (χ1) is 7.61. The summed E-state index contributed by atoms with van der Waals surface area (Å²) in [5, 5.41) is 10.0. The minimum absolute atomic E-state index is 0.530. The van der Waals surface area contributed by atoms with Gasteiger partial charge in [0, 0.05) is 13.1 Å². The van der Waals surface area contributed by atoms with Gasteiger partial charge in [-0.25, -0.2) is 10.8 Å². The van der Waals surface area contributed by atoms with Crippen LogP contribution in [0.2, 0.25) is 0 Å². The van der Waals surface area contributed by atoms with Crippen LogP contribution < -0.4 is 16.2 Å². The van der Waals surface area contributed by atoms with Crippen molar-refractivity contribution in [3.8, 4) is 0 Å². The maximum atomic E-state index is 10.0. The average molecular weight is 223 g/mol. The van der Waals surface area contributed by atoms with Gasteiger partial charge in [0.1, 0.15) is 5.82 Å². The second-order valence-corrected chi connectivity index (χ2v) is 4.43. The Morgan fingerprint density at radius 3 is 3.06 bits per heavy atom. The Balaban J connectivity index is 2.16. The number of anilines is 2. The first-order valence-electron chi connectivity index (χ1n) is 5.37. The second kappa shape index (κ2) is 4.23. The number of piperidine rings is 1. The Kier molecular flexibility index (Phi) is 2.93. The van der Waals surface area contributed by atoms with Crippen LogP contribution in [0.25, 0.3) is 0 Å². The maximum absolute atomic E-state index is 10.0. The molecule has 0 aliphatic carbocycles. The van der Waals surface area contributed by atoms with Gasteiger partial charge in [-0.05, 0) is 19.8 Å². The number of hydrazine groups is 1. The molecule has 88 valence electrons. The van der Waals surface area contributed by atoms with Crippen LogP contribution in [-0.4, -0.2) is 33.8 Å². The number of nitrogens with zero attached hydrogens (tertiary/aromatic N) is 3. The third-order valence-electron chi connectivity index (χ3n) is 2.77. The molecule has 16 heavy (non-hydrogen) atoms. The molecular formula is C10H17N5O. The molecule has 4 N–H and O–H groups in total. The Bertz CT molecular complexity index is 368. The number of aliphatic hydroxyl groups is 1. The predicted molar refractivity (Wildman–Crippen MR) is 61.9 cm³/mol. The van der Waals surface area contributed by atoms with Crippen molar-refractivity contribution >= 4 is 11.6 Å². The molecule has 0 amide bonds. The average Bonchev–Trinajstić information content (AvgIpc) is 2.28. The lowest BCUT2D eigenvalue weighted by Gasteiger charge is -2.37. The van der Waals surface area contributed by atoms with Gasteiger partial charge < -0.3 is 15.4 Å². The molecule has 2 rings (SSSR count). The van der Waals surface area contributed by atoms with Crippen molar-refractivity contribution in [2.75, 3.05) is 23.4 Å². The van der Waals surface area contributed by atoms with Crippen molar-refractivity contribution < 1.29 is 5.11 Å². The molecule has 0 aromatic carbocycles. The molecule has 1 atom stereocenters. The maximum Gasteiger partial charge on any atom is 0.160 e. The van der Waals surface area contributed by atoms with Gasteiger partial charge in [-0.1, -0.05) is 0 Å². The molecule has 0 saturated carbocycles. The fourth-order valence-corrected chi connectivity index (χ4v) is 1.99. The molecule has 0 radical (unpaired) electrons. The summed E-state index contributed by atoms with van der Waals surface area (Å²) in [7, 11) is 0. The minimum Gasteiger partial charge on any atom is -0.388 e. The van der Waals surface area contributed by atoms with E-state index in [-0.39, 0.29) is 0 Å². The first kappa shape index (κ1) is 11.1. The molecule has 2 heterocycles. The number of nitrogens with two attached hydrogens (primary N) is 1. The molecule has 1 saturated heterocycles. The number of hydrogen-bond acceptors (Lipinski definition) is 6. The summed E-state index contributed by atoms with van der Waals surface area (Å²) in [6.45, 7) is 3.31. The highest BCUT2D eigenvalue weighted by atomic mass is 16.3. The number of rotatable bonds is 2. The second-order valence-electron chi connectivity index (χ2n) is 4.43. The number of nitrogens with one attached hydrogen (secondary N) is 1. The number of nitrogen functional groups attached to an aromatic ring is 1. The zero-order chi connectivity index (χ0) is 11.6. The van der Waals surface area contributed by atoms with Crippen LogP contribution in [0.5, 0.6) is 0 Å². The summed E-state index contributed by atoms with van der Waals surface area (Å²) in [5.41, 5.74) is 1.82. The van der Waals surface area contributed by atoms with E-state index in [1.807, 2.05) is 11.8 Å². The van der Waals surface area contributed by atoms with Crippen LogP contribution >= 0.6 is 0 Å². The van der Waals surface area contributed by atoms with Crippen LogP contribution in [0.3, 0.4) is 0 Å². The molecule has 1 aromatic rings. The monoisotopic (exact) mass is 223 g/mol. The van der Waals surface area contributed by atoms with Crippen molar-refractivity contribution in [2.24, 2.45) is 5.84 Å². The number of hydrogen-bond donors (Lipinski definition) is 3. The van der Waals surface area contributed by atoms with Gasteiger partial charge in [-0.3, -0.25) is 4.98 Å². The summed E-state index contributed by atoms with van der Waals surface area (Å²) in [5.74, 6) is 6.56. The molecule has 1 aliphatic heterocycles. The Labute approximate surface area is 94.5 Å². The SMILES string of the molecule is CC1(O)CCCN(c2cncc(NN)n2)C1. The normalized spacial score (nSPS) is 25.6. The first-order valence-corrected chi connectivity index (χ1v) is 5.37. The molecule has 1 fully saturated rings. The fourth-order valence-electron chi connectivity index (χ4n) is 1.99. The third-order valence-corrected chi connectivity index (χ3v) is 2.77. The van der Waals surface area contributed by atoms with Gasteiger partial charge in [0.2, 0.25) is 0 Å². The lowest BCUT2D eigenvalue weighted by Crippen LogP contribution is -2.46. The summed E-state index contributed by atoms with van der Waals surface area (Å²) in [6, 6.07) is 0. The molecule has 0 spiro atoms. The van der Waals surface area contributed by atoms with E-state index in [9.17, 15) is 5.11 Å². The van der Waals surface area contributed by atoms with Gasteiger partial charge in [0.25, 0.3) is 0 Å². The van der Waals surface area contributed by atoms with Crippen LogP contribution in [0.15, 0.2) is 12.4 Å². The minimum atomic E-state index is -0.647. The van der Waals surface area contributed by atoms with E-state index < -0.39 is 5.60 Å². The fraction of sp³-hybridized carbons (Fsp3) is 0.600. The van der Waals surface area contributed by atoms with E-state index in [1.54, 1.807) is 12.4 Å². The topological polar surface area (TPSA) is 87.3 Å². The number of aromatic nitrogens is 2. The zero-order valence-electron chi connectivity index (χ0n) is 9.35. The zero-order valence-corrected chi connectivity index (χ0v) is 9.35. The molecule has 0 bridgehead atoms. The van der Waals surface area contributed by atoms with Crippen LogP contribution in [0.1, 0.15) is 19.8 Å². The number of β-amino-alcohol motifs (C(OH)–C–C–N with tert-alkyl or cyclic N) is 1. The summed E-state index contributed by atoms with van der Waals surface area (Å²) in [6.07, 6.45) is 5.02. The molecule has 1 aliphatic rings. The Morgan fingerprint density at radius 2 is 2.38 bits per heavy atom. The quantitative estimate of drug-likeness (QED) is 0.487. The van der Waals surface area contributed by atoms with Crippen molar-refractivity contribution in [3.05, 3.63) is 12.4 Å². The highest BCUT2D eigenvalue weighted by Crippen LogP contribution is 2.24. The molecule has 6 heteroatoms. The summed E-state index contributed by atoms with van der Waals surface area (Å²) < 4.78 is 0. The summed E-state index contributed by atoms with van der Waals surface area (Å²) in [4.78, 5) is 10.4. The van der Waals surface area contributed by atoms with Crippen LogP contribution in [0.4, 0.5) is 11.6 Å². The lowest BCUT2D eigenvalue weighted by atomic mass is 9.95. The van der Waals surface area contributed by atoms with Gasteiger partial charge in [-0.2, -0.15) is 0 Å². The Morgan fingerprint density at radius 1 is 1.56 bits per heavy atom. The van der Waals surface area contributed by atoms with Gasteiger partial charge in [0.15, 0.2) is 5.82 Å². The van der Waals surface area contributed by atoms with Gasteiger partial charge in [-0.15, -0.1) is 0 Å². The molecule has 1 aromatic heterocycles. The highest BCUT2D eigenvalue weighted by Gasteiger charge is 2.29. The van der Waals surface area contributed by atoms with Crippen molar-refractivity contribution in [1.82, 2.24) is 9.97 Å². The van der Waals surface area contributed by atoms with Gasteiger partial charge in [0.05, 0.1) is 18.0 Å². The summed E-state index contributed by atoms with van der Waals surface area (Å²) >= 11 is 0. The van der Waals surface area contributed by atoms with E-state index in [1.165, 1.54) is 0 Å². The molecular weight excluding hydrogens is 206 g/mol. The predicted octanol–water partition coefficient (Wildman–Crippen LogP) is 0.113. The standard InChI is InChI=1S/C10H17N5O/c1-10(16)3-2-4-15(7-10)9-6-12-5-8(13-9)14-11/h5-6,16H,2-4,7,11H2,1H3,(H,13,14). The van der Waals surface area contributed by atoms with E-state index in [4.69, 9.17) is 5.84 Å². The van der Waals surface area contributed by atoms with E-state index in [0.29, 0.717) is 12.4 Å².